The monoisotopic (exact) mass is 357 g/mol. The maximum absolute atomic E-state index is 12.7. The number of aliphatic carboxylic acids is 1. The first-order valence-corrected chi connectivity index (χ1v) is 8.19. The van der Waals surface area contributed by atoms with Crippen molar-refractivity contribution in [3.8, 4) is 5.95 Å². The maximum Gasteiger partial charge on any atom is 0.307 e. The molecule has 2 heterocycles. The molecule has 26 heavy (non-hydrogen) atoms. The second-order valence-electron chi connectivity index (χ2n) is 6.28. The van der Waals surface area contributed by atoms with Crippen molar-refractivity contribution in [2.24, 2.45) is 11.8 Å². The van der Waals surface area contributed by atoms with Crippen molar-refractivity contribution < 1.29 is 14.7 Å². The number of amides is 1. The van der Waals surface area contributed by atoms with Crippen LogP contribution in [0.15, 0.2) is 29.1 Å². The first-order valence-electron chi connectivity index (χ1n) is 8.19. The zero-order chi connectivity index (χ0) is 18.8. The molecule has 0 spiro atoms. The van der Waals surface area contributed by atoms with Gasteiger partial charge in [-0.3, -0.25) is 19.4 Å². The molecule has 3 N–H and O–H groups in total. The van der Waals surface area contributed by atoms with Crippen molar-refractivity contribution >= 4 is 17.7 Å². The summed E-state index contributed by atoms with van der Waals surface area (Å²) in [7, 11) is 0. The summed E-state index contributed by atoms with van der Waals surface area (Å²) in [5, 5.41) is 16.3. The summed E-state index contributed by atoms with van der Waals surface area (Å²) in [5.41, 5.74) is 0.793. The predicted molar refractivity (Wildman–Crippen MR) is 93.1 cm³/mol. The molecule has 136 valence electrons. The third-order valence-corrected chi connectivity index (χ3v) is 4.23. The van der Waals surface area contributed by atoms with Crippen LogP contribution in [-0.2, 0) is 9.59 Å². The summed E-state index contributed by atoms with van der Waals surface area (Å²) in [6.07, 6.45) is 4.26. The molecule has 1 aliphatic rings. The fourth-order valence-corrected chi connectivity index (χ4v) is 3.01. The lowest BCUT2D eigenvalue weighted by atomic mass is 9.82. The third-order valence-electron chi connectivity index (χ3n) is 4.23. The Bertz CT molecular complexity index is 943. The van der Waals surface area contributed by atoms with Crippen LogP contribution < -0.4 is 10.9 Å². The predicted octanol–water partition coefficient (Wildman–Crippen LogP) is 1.18. The summed E-state index contributed by atoms with van der Waals surface area (Å²) in [6, 6.07) is 2.98. The summed E-state index contributed by atoms with van der Waals surface area (Å²) in [6.45, 7) is 3.42. The Kier molecular flexibility index (Phi) is 4.70. The van der Waals surface area contributed by atoms with E-state index in [1.165, 1.54) is 10.7 Å². The number of allylic oxidation sites excluding steroid dienone is 2. The van der Waals surface area contributed by atoms with E-state index in [4.69, 9.17) is 0 Å². The molecule has 2 atom stereocenters. The number of aromatic nitrogens is 4. The average Bonchev–Trinajstić information content (AvgIpc) is 2.94. The molecule has 1 aliphatic carbocycles. The number of aryl methyl sites for hydroxylation is 2. The molecule has 9 nitrogen and oxygen atoms in total. The van der Waals surface area contributed by atoms with E-state index in [0.29, 0.717) is 30.0 Å². The van der Waals surface area contributed by atoms with Crippen LogP contribution in [0.4, 0.5) is 5.82 Å². The molecule has 9 heteroatoms. The van der Waals surface area contributed by atoms with Crippen molar-refractivity contribution in [3.05, 3.63) is 46.0 Å². The molecule has 2 aromatic heterocycles. The van der Waals surface area contributed by atoms with Gasteiger partial charge >= 0.3 is 5.97 Å². The number of carbonyl (C=O) groups is 2. The fraction of sp³-hybridized carbons (Fsp3) is 0.353. The molecule has 0 radical (unpaired) electrons. The van der Waals surface area contributed by atoms with E-state index >= 15 is 0 Å². The Morgan fingerprint density at radius 3 is 2.54 bits per heavy atom. The van der Waals surface area contributed by atoms with Gasteiger partial charge in [-0.15, -0.1) is 0 Å². The van der Waals surface area contributed by atoms with E-state index < -0.39 is 23.7 Å². The quantitative estimate of drug-likeness (QED) is 0.705. The lowest BCUT2D eigenvalue weighted by Crippen LogP contribution is -2.35. The Hall–Kier alpha value is -3.23. The van der Waals surface area contributed by atoms with E-state index in [2.05, 4.69) is 20.4 Å². The molecule has 0 saturated carbocycles. The largest absolute Gasteiger partial charge is 0.481 e. The van der Waals surface area contributed by atoms with Gasteiger partial charge in [0, 0.05) is 17.8 Å². The van der Waals surface area contributed by atoms with Gasteiger partial charge in [-0.25, -0.2) is 4.98 Å². The third kappa shape index (κ3) is 3.56. The minimum Gasteiger partial charge on any atom is -0.481 e. The molecule has 1 amide bonds. The number of aromatic amines is 1. The molecule has 0 fully saturated rings. The zero-order valence-corrected chi connectivity index (χ0v) is 14.4. The highest BCUT2D eigenvalue weighted by Crippen LogP contribution is 2.27. The second-order valence-corrected chi connectivity index (χ2v) is 6.28. The number of carboxylic acid groups (broad SMARTS) is 1. The summed E-state index contributed by atoms with van der Waals surface area (Å²) >= 11 is 0. The van der Waals surface area contributed by atoms with E-state index in [9.17, 15) is 19.5 Å². The Labute approximate surface area is 148 Å². The van der Waals surface area contributed by atoms with Crippen LogP contribution in [0.3, 0.4) is 0 Å². The Balaban J connectivity index is 1.91. The van der Waals surface area contributed by atoms with Crippen LogP contribution in [0, 0.1) is 25.7 Å². The van der Waals surface area contributed by atoms with Gasteiger partial charge in [0.25, 0.3) is 5.56 Å². The minimum atomic E-state index is -0.996. The number of carboxylic acids is 1. The van der Waals surface area contributed by atoms with E-state index in [1.54, 1.807) is 26.0 Å². The highest BCUT2D eigenvalue weighted by Gasteiger charge is 2.34. The number of hydrogen-bond acceptors (Lipinski definition) is 5. The first kappa shape index (κ1) is 17.6. The average molecular weight is 357 g/mol. The molecule has 0 aliphatic heterocycles. The standard InChI is InChI=1S/C17H19N5O4/c1-9-8-14(23)20-17(18-9)22-13(7-10(2)21-22)19-15(24)11-5-3-4-6-12(11)16(25)26/h3-4,7-8,11-12H,5-6H2,1-2H3,(H,19,24)(H,25,26)(H,18,20,23)/t11-,12+/m1/s1. The lowest BCUT2D eigenvalue weighted by Gasteiger charge is -2.24. The number of nitrogens with zero attached hydrogens (tertiary/aromatic N) is 3. The van der Waals surface area contributed by atoms with Gasteiger partial charge in [-0.1, -0.05) is 12.2 Å². The zero-order valence-electron chi connectivity index (χ0n) is 14.4. The fourth-order valence-electron chi connectivity index (χ4n) is 3.01. The normalized spacial score (nSPS) is 19.3. The first-order chi connectivity index (χ1) is 12.3. The Morgan fingerprint density at radius 1 is 1.19 bits per heavy atom. The van der Waals surface area contributed by atoms with Crippen LogP contribution in [0.1, 0.15) is 24.2 Å². The summed E-state index contributed by atoms with van der Waals surface area (Å²) in [4.78, 5) is 42.6. The van der Waals surface area contributed by atoms with Gasteiger partial charge in [-0.2, -0.15) is 9.78 Å². The van der Waals surface area contributed by atoms with Gasteiger partial charge in [0.15, 0.2) is 0 Å². The van der Waals surface area contributed by atoms with E-state index in [1.807, 2.05) is 6.08 Å². The smallest absolute Gasteiger partial charge is 0.307 e. The second kappa shape index (κ2) is 6.95. The van der Waals surface area contributed by atoms with Gasteiger partial charge in [0.2, 0.25) is 11.9 Å². The van der Waals surface area contributed by atoms with Crippen LogP contribution in [0.5, 0.6) is 0 Å². The maximum atomic E-state index is 12.7. The van der Waals surface area contributed by atoms with Gasteiger partial charge in [0.1, 0.15) is 5.82 Å². The number of H-pyrrole nitrogens is 1. The SMILES string of the molecule is Cc1cc(=O)[nH]c(-n2nc(C)cc2NC(=O)[C@@H]2CC=CC[C@@H]2C(=O)O)n1. The number of anilines is 1. The van der Waals surface area contributed by atoms with Crippen LogP contribution >= 0.6 is 0 Å². The minimum absolute atomic E-state index is 0.178. The molecule has 2 aromatic rings. The van der Waals surface area contributed by atoms with Crippen LogP contribution in [0.2, 0.25) is 0 Å². The Morgan fingerprint density at radius 2 is 1.88 bits per heavy atom. The summed E-state index contributed by atoms with van der Waals surface area (Å²) < 4.78 is 1.33. The van der Waals surface area contributed by atoms with Crippen molar-refractivity contribution in [1.82, 2.24) is 19.7 Å². The van der Waals surface area contributed by atoms with Crippen molar-refractivity contribution in [3.63, 3.8) is 0 Å². The number of carbonyl (C=O) groups excluding carboxylic acids is 1. The molecule has 0 bridgehead atoms. The highest BCUT2D eigenvalue weighted by molar-refractivity contribution is 5.95. The van der Waals surface area contributed by atoms with Crippen LogP contribution in [0.25, 0.3) is 5.95 Å². The van der Waals surface area contributed by atoms with Gasteiger partial charge in [0.05, 0.1) is 17.5 Å². The number of rotatable bonds is 4. The molecular formula is C17H19N5O4. The molecule has 0 saturated heterocycles. The van der Waals surface area contributed by atoms with Crippen molar-refractivity contribution in [2.45, 2.75) is 26.7 Å². The molecular weight excluding hydrogens is 338 g/mol. The molecule has 0 aromatic carbocycles. The number of nitrogens with one attached hydrogen (secondary N) is 2. The van der Waals surface area contributed by atoms with E-state index in [0.717, 1.165) is 0 Å². The van der Waals surface area contributed by atoms with Gasteiger partial charge < -0.3 is 10.4 Å². The number of hydrogen-bond donors (Lipinski definition) is 3. The summed E-state index contributed by atoms with van der Waals surface area (Å²) in [5.74, 6) is -2.35. The van der Waals surface area contributed by atoms with Crippen molar-refractivity contribution in [1.29, 1.82) is 0 Å². The van der Waals surface area contributed by atoms with Crippen LogP contribution in [-0.4, -0.2) is 36.7 Å². The molecule has 3 rings (SSSR count). The van der Waals surface area contributed by atoms with E-state index in [-0.39, 0.29) is 11.5 Å². The lowest BCUT2D eigenvalue weighted by molar-refractivity contribution is -0.146. The van der Waals surface area contributed by atoms with Gasteiger partial charge in [-0.05, 0) is 26.7 Å². The molecule has 0 unspecified atom stereocenters. The topological polar surface area (TPSA) is 130 Å². The van der Waals surface area contributed by atoms with Crippen molar-refractivity contribution in [2.75, 3.05) is 5.32 Å². The highest BCUT2D eigenvalue weighted by atomic mass is 16.4.